The minimum Gasteiger partial charge on any atom is -0.468 e. The lowest BCUT2D eigenvalue weighted by atomic mass is 9.97. The summed E-state index contributed by atoms with van der Waals surface area (Å²) in [6.45, 7) is 0. The van der Waals surface area contributed by atoms with Crippen molar-refractivity contribution in [2.45, 2.75) is 5.92 Å². The fourth-order valence-corrected chi connectivity index (χ4v) is 1.58. The van der Waals surface area contributed by atoms with Gasteiger partial charge < -0.3 is 9.47 Å². The molecule has 0 fully saturated rings. The number of nitrogens with zero attached hydrogens (tertiary/aromatic N) is 1. The Morgan fingerprint density at radius 3 is 2.10 bits per heavy atom. The van der Waals surface area contributed by atoms with Crippen molar-refractivity contribution in [2.75, 3.05) is 14.2 Å². The van der Waals surface area contributed by atoms with Crippen molar-refractivity contribution in [3.63, 3.8) is 0 Å². The maximum absolute atomic E-state index is 13.5. The molecule has 108 valence electrons. The number of hydrogen-bond acceptors (Lipinski definition) is 6. The summed E-state index contributed by atoms with van der Waals surface area (Å²) < 4.78 is 35.3. The molecule has 1 aromatic carbocycles. The summed E-state index contributed by atoms with van der Waals surface area (Å²) >= 11 is 0. The Labute approximate surface area is 111 Å². The highest BCUT2D eigenvalue weighted by Gasteiger charge is 2.38. The zero-order valence-corrected chi connectivity index (χ0v) is 10.4. The van der Waals surface area contributed by atoms with Crippen LogP contribution in [-0.2, 0) is 19.1 Å². The lowest BCUT2D eigenvalue weighted by molar-refractivity contribution is -0.388. The van der Waals surface area contributed by atoms with Crippen LogP contribution >= 0.6 is 0 Å². The molecule has 0 spiro atoms. The highest BCUT2D eigenvalue weighted by Crippen LogP contribution is 2.32. The van der Waals surface area contributed by atoms with Gasteiger partial charge in [-0.05, 0) is 6.07 Å². The number of esters is 2. The maximum atomic E-state index is 13.5. The van der Waals surface area contributed by atoms with Crippen LogP contribution < -0.4 is 0 Å². The van der Waals surface area contributed by atoms with Gasteiger partial charge in [-0.3, -0.25) is 19.7 Å². The summed E-state index contributed by atoms with van der Waals surface area (Å²) in [6.07, 6.45) is 0. The summed E-state index contributed by atoms with van der Waals surface area (Å²) in [7, 11) is 1.83. The van der Waals surface area contributed by atoms with Crippen LogP contribution in [0.3, 0.4) is 0 Å². The summed E-state index contributed by atoms with van der Waals surface area (Å²) in [4.78, 5) is 32.7. The summed E-state index contributed by atoms with van der Waals surface area (Å²) in [5.74, 6) is -7.10. The van der Waals surface area contributed by atoms with E-state index in [4.69, 9.17) is 0 Å². The first kappa shape index (κ1) is 15.5. The number of carbonyl (C=O) groups is 2. The van der Waals surface area contributed by atoms with E-state index in [1.807, 2.05) is 0 Å². The maximum Gasteiger partial charge on any atom is 0.324 e. The van der Waals surface area contributed by atoms with Gasteiger partial charge in [-0.25, -0.2) is 4.39 Å². The molecule has 0 aliphatic carbocycles. The van der Waals surface area contributed by atoms with E-state index in [-0.39, 0.29) is 6.07 Å². The van der Waals surface area contributed by atoms with Crippen molar-refractivity contribution < 1.29 is 32.8 Å². The molecule has 1 aromatic rings. The average molecular weight is 289 g/mol. The molecule has 0 unspecified atom stereocenters. The molecule has 9 heteroatoms. The van der Waals surface area contributed by atoms with Crippen LogP contribution in [0.15, 0.2) is 12.1 Å². The second kappa shape index (κ2) is 6.04. The van der Waals surface area contributed by atoms with E-state index in [0.29, 0.717) is 6.07 Å². The molecule has 0 aliphatic heterocycles. The topological polar surface area (TPSA) is 95.7 Å². The van der Waals surface area contributed by atoms with Gasteiger partial charge in [0.2, 0.25) is 5.82 Å². The molecular weight excluding hydrogens is 280 g/mol. The van der Waals surface area contributed by atoms with Crippen LogP contribution in [-0.4, -0.2) is 31.1 Å². The van der Waals surface area contributed by atoms with Gasteiger partial charge in [0.1, 0.15) is 5.82 Å². The largest absolute Gasteiger partial charge is 0.468 e. The molecule has 0 radical (unpaired) electrons. The van der Waals surface area contributed by atoms with Crippen LogP contribution in [0, 0.1) is 21.7 Å². The van der Waals surface area contributed by atoms with Crippen molar-refractivity contribution in [1.29, 1.82) is 0 Å². The fraction of sp³-hybridized carbons (Fsp3) is 0.273. The molecule has 0 N–H and O–H groups in total. The SMILES string of the molecule is COC(=O)C(C(=O)OC)c1cc(F)cc(F)c1[N+](=O)[O-]. The van der Waals surface area contributed by atoms with Crippen LogP contribution in [0.4, 0.5) is 14.5 Å². The lowest BCUT2D eigenvalue weighted by Gasteiger charge is -2.13. The van der Waals surface area contributed by atoms with E-state index < -0.39 is 45.7 Å². The van der Waals surface area contributed by atoms with Gasteiger partial charge >= 0.3 is 17.6 Å². The number of nitro groups is 1. The highest BCUT2D eigenvalue weighted by molar-refractivity contribution is 6.01. The van der Waals surface area contributed by atoms with Gasteiger partial charge in [0, 0.05) is 6.07 Å². The Morgan fingerprint density at radius 1 is 1.20 bits per heavy atom. The van der Waals surface area contributed by atoms with Crippen LogP contribution in [0.5, 0.6) is 0 Å². The molecule has 0 saturated heterocycles. The predicted octanol–water partition coefficient (Wildman–Crippen LogP) is 1.30. The molecule has 7 nitrogen and oxygen atoms in total. The Kier molecular flexibility index (Phi) is 4.68. The summed E-state index contributed by atoms with van der Waals surface area (Å²) in [6, 6.07) is 0.785. The Bertz CT molecular complexity index is 558. The molecule has 0 atom stereocenters. The molecular formula is C11H9F2NO6. The number of methoxy groups -OCH3 is 2. The van der Waals surface area contributed by atoms with E-state index in [1.165, 1.54) is 0 Å². The van der Waals surface area contributed by atoms with Crippen LogP contribution in [0.2, 0.25) is 0 Å². The standard InChI is InChI=1S/C11H9F2NO6/c1-19-10(15)8(11(16)20-2)6-3-5(12)4-7(13)9(6)14(17)18/h3-4,8H,1-2H3. The minimum atomic E-state index is -1.95. The molecule has 0 aromatic heterocycles. The van der Waals surface area contributed by atoms with Crippen molar-refractivity contribution in [3.05, 3.63) is 39.4 Å². The first-order valence-electron chi connectivity index (χ1n) is 5.12. The van der Waals surface area contributed by atoms with Crippen molar-refractivity contribution in [2.24, 2.45) is 0 Å². The van der Waals surface area contributed by atoms with Gasteiger partial charge in [-0.15, -0.1) is 0 Å². The van der Waals surface area contributed by atoms with Crippen molar-refractivity contribution in [1.82, 2.24) is 0 Å². The van der Waals surface area contributed by atoms with Crippen LogP contribution in [0.1, 0.15) is 11.5 Å². The molecule has 0 aliphatic rings. The summed E-state index contributed by atoms with van der Waals surface area (Å²) in [5, 5.41) is 10.8. The number of benzene rings is 1. The predicted molar refractivity (Wildman–Crippen MR) is 59.8 cm³/mol. The lowest BCUT2D eigenvalue weighted by Crippen LogP contribution is -2.25. The first-order chi connectivity index (χ1) is 9.33. The molecule has 0 heterocycles. The van der Waals surface area contributed by atoms with E-state index in [9.17, 15) is 28.5 Å². The van der Waals surface area contributed by atoms with Gasteiger partial charge in [-0.2, -0.15) is 4.39 Å². The Balaban J connectivity index is 3.58. The number of hydrogen-bond donors (Lipinski definition) is 0. The number of carbonyl (C=O) groups excluding carboxylic acids is 2. The Hall–Kier alpha value is -2.58. The normalized spacial score (nSPS) is 10.2. The van der Waals surface area contributed by atoms with Gasteiger partial charge in [0.15, 0.2) is 5.92 Å². The zero-order valence-electron chi connectivity index (χ0n) is 10.4. The second-order valence-corrected chi connectivity index (χ2v) is 3.56. The van der Waals surface area contributed by atoms with Gasteiger partial charge in [-0.1, -0.05) is 0 Å². The third kappa shape index (κ3) is 2.87. The first-order valence-corrected chi connectivity index (χ1v) is 5.12. The van der Waals surface area contributed by atoms with E-state index >= 15 is 0 Å². The molecule has 20 heavy (non-hydrogen) atoms. The van der Waals surface area contributed by atoms with Gasteiger partial charge in [0.25, 0.3) is 0 Å². The minimum absolute atomic E-state index is 0.271. The quantitative estimate of drug-likeness (QED) is 0.359. The molecule has 0 bridgehead atoms. The van der Waals surface area contributed by atoms with Crippen LogP contribution in [0.25, 0.3) is 0 Å². The number of nitro benzene ring substituents is 1. The van der Waals surface area contributed by atoms with E-state index in [1.54, 1.807) is 0 Å². The van der Waals surface area contributed by atoms with E-state index in [2.05, 4.69) is 9.47 Å². The second-order valence-electron chi connectivity index (χ2n) is 3.56. The molecule has 0 saturated carbocycles. The van der Waals surface area contributed by atoms with Crippen molar-refractivity contribution in [3.8, 4) is 0 Å². The van der Waals surface area contributed by atoms with Gasteiger partial charge in [0.05, 0.1) is 24.7 Å². The van der Waals surface area contributed by atoms with Crippen molar-refractivity contribution >= 4 is 17.6 Å². The number of ether oxygens (including phenoxy) is 2. The smallest absolute Gasteiger partial charge is 0.324 e. The Morgan fingerprint density at radius 2 is 1.70 bits per heavy atom. The third-order valence-electron chi connectivity index (χ3n) is 2.43. The third-order valence-corrected chi connectivity index (χ3v) is 2.43. The average Bonchev–Trinajstić information content (AvgIpc) is 2.37. The summed E-state index contributed by atoms with van der Waals surface area (Å²) in [5.41, 5.74) is -1.96. The number of halogens is 2. The highest BCUT2D eigenvalue weighted by atomic mass is 19.1. The monoisotopic (exact) mass is 289 g/mol. The fourth-order valence-electron chi connectivity index (χ4n) is 1.58. The number of rotatable bonds is 4. The zero-order chi connectivity index (χ0) is 15.4. The molecule has 0 amide bonds. The molecule has 1 rings (SSSR count). The van der Waals surface area contributed by atoms with E-state index in [0.717, 1.165) is 14.2 Å².